The fourth-order valence-electron chi connectivity index (χ4n) is 8.29. The minimum absolute atomic E-state index is 0.00776. The van der Waals surface area contributed by atoms with Gasteiger partial charge in [-0.2, -0.15) is 0 Å². The molecule has 8 rings (SSSR count). The number of hydrogen-bond donors (Lipinski definition) is 1. The van der Waals surface area contributed by atoms with Gasteiger partial charge in [-0.1, -0.05) is 22.9 Å². The van der Waals surface area contributed by atoms with Gasteiger partial charge in [-0.05, 0) is 66.6 Å². The summed E-state index contributed by atoms with van der Waals surface area (Å²) in [5, 5.41) is 1.31. The first-order valence-electron chi connectivity index (χ1n) is 15.0. The maximum absolute atomic E-state index is 14.1. The molecule has 6 unspecified atom stereocenters. The van der Waals surface area contributed by atoms with Gasteiger partial charge in [0.15, 0.2) is 6.61 Å². The van der Waals surface area contributed by atoms with Gasteiger partial charge in [0.1, 0.15) is 11.5 Å². The quantitative estimate of drug-likeness (QED) is 0.392. The number of methoxy groups -OCH3 is 1. The third kappa shape index (κ3) is 4.63. The lowest BCUT2D eigenvalue weighted by atomic mass is 9.68. The average molecular weight is 668 g/mol. The average Bonchev–Trinajstić information content (AvgIpc) is 3.79. The highest BCUT2D eigenvalue weighted by Gasteiger charge is 2.69. The zero-order valence-electron chi connectivity index (χ0n) is 24.3. The van der Waals surface area contributed by atoms with Gasteiger partial charge < -0.3 is 24.1 Å². The van der Waals surface area contributed by atoms with Gasteiger partial charge in [0, 0.05) is 39.7 Å². The Bertz CT molecular complexity index is 1750. The maximum atomic E-state index is 14.1. The molecular formula is C32H30ClN3O7S2. The van der Waals surface area contributed by atoms with E-state index in [1.165, 1.54) is 4.90 Å². The van der Waals surface area contributed by atoms with E-state index in [1.54, 1.807) is 60.2 Å². The van der Waals surface area contributed by atoms with Gasteiger partial charge in [-0.25, -0.2) is 0 Å². The van der Waals surface area contributed by atoms with Gasteiger partial charge in [0.25, 0.3) is 5.91 Å². The van der Waals surface area contributed by atoms with Crippen molar-refractivity contribution in [1.29, 1.82) is 0 Å². The minimum Gasteiger partial charge on any atom is -0.497 e. The molecule has 0 radical (unpaired) electrons. The molecule has 3 aromatic rings. The number of carbonyl (C=O) groups excluding carboxylic acids is 3. The van der Waals surface area contributed by atoms with Crippen LogP contribution in [-0.2, 0) is 19.1 Å². The number of imide groups is 1. The number of H-pyrrole nitrogens is 1. The molecule has 1 N–H and O–H groups in total. The number of morpholine rings is 1. The van der Waals surface area contributed by atoms with Crippen molar-refractivity contribution in [3.05, 3.63) is 67.6 Å². The number of nitrogens with zero attached hydrogens (tertiary/aromatic N) is 2. The van der Waals surface area contributed by atoms with E-state index >= 15 is 0 Å². The number of anilines is 1. The number of hydrogen-bond acceptors (Lipinski definition) is 9. The van der Waals surface area contributed by atoms with Crippen molar-refractivity contribution >= 4 is 58.1 Å². The number of halogens is 1. The highest BCUT2D eigenvalue weighted by molar-refractivity contribution is 8.00. The normalized spacial score (nSPS) is 29.9. The second-order valence-corrected chi connectivity index (χ2v) is 14.8. The second-order valence-electron chi connectivity index (χ2n) is 12.1. The first-order valence-corrected chi connectivity index (χ1v) is 17.1. The third-order valence-electron chi connectivity index (χ3n) is 10.1. The molecule has 2 saturated carbocycles. The van der Waals surface area contributed by atoms with Crippen LogP contribution in [-0.4, -0.2) is 72.9 Å². The summed E-state index contributed by atoms with van der Waals surface area (Å²) in [4.78, 5) is 60.5. The molecule has 2 bridgehead atoms. The van der Waals surface area contributed by atoms with E-state index in [0.29, 0.717) is 48.5 Å². The Kier molecular flexibility index (Phi) is 7.23. The molecule has 2 aromatic carbocycles. The molecule has 234 valence electrons. The Morgan fingerprint density at radius 2 is 1.78 bits per heavy atom. The zero-order chi connectivity index (χ0) is 31.0. The second kappa shape index (κ2) is 11.2. The molecule has 4 heterocycles. The molecule has 2 saturated heterocycles. The number of benzene rings is 2. The SMILES string of the molecule is COc1ccc(N2C(=O)C3C4CC(C3C2=O)C2C4Sc3[nH]c(=O)sc3[C@@H]2c2cc(Cl)ccc2OCC(=O)N2CCOCC2)cc1. The fraction of sp³-hybridized carbons (Fsp3) is 0.438. The Labute approximate surface area is 272 Å². The van der Waals surface area contributed by atoms with Crippen LogP contribution in [0.15, 0.2) is 52.3 Å². The molecule has 7 atom stereocenters. The molecule has 2 aliphatic carbocycles. The number of ether oxygens (including phenoxy) is 3. The lowest BCUT2D eigenvalue weighted by Crippen LogP contribution is -2.43. The van der Waals surface area contributed by atoms with Crippen molar-refractivity contribution < 1.29 is 28.6 Å². The van der Waals surface area contributed by atoms with Crippen LogP contribution in [0.2, 0.25) is 5.02 Å². The summed E-state index contributed by atoms with van der Waals surface area (Å²) < 4.78 is 16.9. The topological polar surface area (TPSA) is 118 Å². The minimum atomic E-state index is -0.447. The van der Waals surface area contributed by atoms with Crippen molar-refractivity contribution in [2.45, 2.75) is 22.6 Å². The van der Waals surface area contributed by atoms with Crippen molar-refractivity contribution in [3.63, 3.8) is 0 Å². The predicted octanol–water partition coefficient (Wildman–Crippen LogP) is 4.01. The lowest BCUT2D eigenvalue weighted by molar-refractivity contribution is -0.137. The van der Waals surface area contributed by atoms with Crippen LogP contribution in [0.25, 0.3) is 0 Å². The molecule has 4 fully saturated rings. The molecular weight excluding hydrogens is 638 g/mol. The van der Waals surface area contributed by atoms with Crippen LogP contribution in [0.3, 0.4) is 0 Å². The highest BCUT2D eigenvalue weighted by atomic mass is 35.5. The van der Waals surface area contributed by atoms with Crippen molar-refractivity contribution in [2.24, 2.45) is 29.6 Å². The number of nitrogens with one attached hydrogen (secondary N) is 1. The number of aromatic amines is 1. The van der Waals surface area contributed by atoms with E-state index in [4.69, 9.17) is 25.8 Å². The fourth-order valence-corrected chi connectivity index (χ4v) is 11.3. The van der Waals surface area contributed by atoms with E-state index in [0.717, 1.165) is 33.2 Å². The van der Waals surface area contributed by atoms with Gasteiger partial charge >= 0.3 is 4.87 Å². The molecule has 13 heteroatoms. The van der Waals surface area contributed by atoms with E-state index < -0.39 is 11.8 Å². The summed E-state index contributed by atoms with van der Waals surface area (Å²) in [7, 11) is 1.57. The number of rotatable bonds is 6. The largest absolute Gasteiger partial charge is 0.497 e. The lowest BCUT2D eigenvalue weighted by Gasteiger charge is -2.43. The number of fused-ring (bicyclic) bond motifs is 9. The van der Waals surface area contributed by atoms with Crippen LogP contribution in [0.1, 0.15) is 22.8 Å². The standard InChI is InChI=1S/C32H30ClN3O7S2/c1-41-17-5-3-16(4-6-17)36-30(38)25-19-13-20(26(25)31(36)39)27-24(19)23(28-29(44-27)34-32(40)45-28)18-12-15(33)2-7-21(18)43-14-22(37)35-8-10-42-11-9-35/h2-7,12,19-20,23-27H,8-11,13-14H2,1H3,(H,34,40)/t19?,20?,23-,24?,25?,26?,27?/m1/s1. The number of thiazole rings is 1. The summed E-state index contributed by atoms with van der Waals surface area (Å²) in [6.45, 7) is 1.90. The smallest absolute Gasteiger partial charge is 0.305 e. The maximum Gasteiger partial charge on any atom is 0.305 e. The number of amides is 3. The number of thioether (sulfide) groups is 1. The number of carbonyl (C=O) groups is 3. The summed E-state index contributed by atoms with van der Waals surface area (Å²) in [5.74, 6) is -0.571. The van der Waals surface area contributed by atoms with Crippen molar-refractivity contribution in [3.8, 4) is 11.5 Å². The first kappa shape index (κ1) is 29.1. The van der Waals surface area contributed by atoms with Gasteiger partial charge in [-0.3, -0.25) is 24.1 Å². The Hall–Kier alpha value is -3.32. The molecule has 1 aromatic heterocycles. The summed E-state index contributed by atoms with van der Waals surface area (Å²) >= 11 is 9.37. The summed E-state index contributed by atoms with van der Waals surface area (Å²) in [6.07, 6.45) is 0.757. The van der Waals surface area contributed by atoms with Gasteiger partial charge in [0.05, 0.1) is 42.9 Å². The van der Waals surface area contributed by atoms with E-state index in [1.807, 2.05) is 6.07 Å². The Morgan fingerprint density at radius 3 is 2.51 bits per heavy atom. The monoisotopic (exact) mass is 667 g/mol. The van der Waals surface area contributed by atoms with Crippen LogP contribution in [0, 0.1) is 29.6 Å². The first-order chi connectivity index (χ1) is 21.8. The summed E-state index contributed by atoms with van der Waals surface area (Å²) in [5.41, 5.74) is 1.34. The summed E-state index contributed by atoms with van der Waals surface area (Å²) in [6, 6.07) is 12.4. The highest BCUT2D eigenvalue weighted by Crippen LogP contribution is 2.69. The third-order valence-corrected chi connectivity index (χ3v) is 12.9. The number of aromatic nitrogens is 1. The predicted molar refractivity (Wildman–Crippen MR) is 168 cm³/mol. The van der Waals surface area contributed by atoms with Crippen LogP contribution in [0.4, 0.5) is 5.69 Å². The van der Waals surface area contributed by atoms with Crippen LogP contribution < -0.4 is 19.2 Å². The van der Waals surface area contributed by atoms with Crippen molar-refractivity contribution in [1.82, 2.24) is 9.88 Å². The molecule has 5 aliphatic rings. The van der Waals surface area contributed by atoms with E-state index in [-0.39, 0.29) is 58.1 Å². The van der Waals surface area contributed by atoms with Crippen LogP contribution >= 0.6 is 34.7 Å². The molecule has 10 nitrogen and oxygen atoms in total. The van der Waals surface area contributed by atoms with E-state index in [2.05, 4.69) is 4.98 Å². The van der Waals surface area contributed by atoms with Crippen molar-refractivity contribution in [2.75, 3.05) is 44.9 Å². The Balaban J connectivity index is 1.15. The Morgan fingerprint density at radius 1 is 1.04 bits per heavy atom. The molecule has 0 spiro atoms. The molecule has 3 amide bonds. The zero-order valence-corrected chi connectivity index (χ0v) is 26.7. The van der Waals surface area contributed by atoms with Gasteiger partial charge in [-0.15, -0.1) is 11.8 Å². The van der Waals surface area contributed by atoms with Crippen LogP contribution in [0.5, 0.6) is 11.5 Å². The molecule has 45 heavy (non-hydrogen) atoms. The van der Waals surface area contributed by atoms with Gasteiger partial charge in [0.2, 0.25) is 11.8 Å². The van der Waals surface area contributed by atoms with E-state index in [9.17, 15) is 19.2 Å². The molecule has 3 aliphatic heterocycles.